The smallest absolute Gasteiger partial charge is 0.220 e. The fourth-order valence-electron chi connectivity index (χ4n) is 2.49. The molecular weight excluding hydrogens is 306 g/mol. The molecule has 6 heteroatoms. The number of hydrogen-bond donors (Lipinski definition) is 1. The number of nitrogens with one attached hydrogen (secondary N) is 1. The summed E-state index contributed by atoms with van der Waals surface area (Å²) in [6, 6.07) is 7.49. The molecule has 6 nitrogen and oxygen atoms in total. The largest absolute Gasteiger partial charge is 0.463 e. The second kappa shape index (κ2) is 7.12. The molecule has 1 N–H and O–H groups in total. The van der Waals surface area contributed by atoms with Gasteiger partial charge in [0.2, 0.25) is 5.91 Å². The summed E-state index contributed by atoms with van der Waals surface area (Å²) in [6.07, 6.45) is 4.39. The molecule has 0 radical (unpaired) electrons. The van der Waals surface area contributed by atoms with E-state index in [0.717, 1.165) is 34.0 Å². The van der Waals surface area contributed by atoms with Gasteiger partial charge >= 0.3 is 0 Å². The molecule has 0 saturated heterocycles. The van der Waals surface area contributed by atoms with Crippen LogP contribution in [0.3, 0.4) is 0 Å². The summed E-state index contributed by atoms with van der Waals surface area (Å²) < 4.78 is 10.4. The lowest BCUT2D eigenvalue weighted by molar-refractivity contribution is -0.121. The fraction of sp³-hybridized carbons (Fsp3) is 0.278. The van der Waals surface area contributed by atoms with E-state index < -0.39 is 0 Å². The number of aromatic nitrogens is 2. The van der Waals surface area contributed by atoms with E-state index in [4.69, 9.17) is 8.94 Å². The van der Waals surface area contributed by atoms with Crippen molar-refractivity contribution in [3.8, 4) is 11.5 Å². The van der Waals surface area contributed by atoms with Crippen molar-refractivity contribution in [2.75, 3.05) is 0 Å². The average Bonchev–Trinajstić information content (AvgIpc) is 3.23. The number of aryl methyl sites for hydroxylation is 2. The SMILES string of the molecule is Cc1noc(C)c1CCC(=O)NCc1ccc(-c2ccco2)nc1. The lowest BCUT2D eigenvalue weighted by Gasteiger charge is -2.06. The molecule has 1 amide bonds. The Morgan fingerprint density at radius 2 is 2.12 bits per heavy atom. The first-order valence-electron chi connectivity index (χ1n) is 7.80. The number of nitrogens with zero attached hydrogens (tertiary/aromatic N) is 2. The molecule has 0 saturated carbocycles. The molecule has 3 heterocycles. The van der Waals surface area contributed by atoms with Crippen molar-refractivity contribution in [2.45, 2.75) is 33.2 Å². The molecule has 0 unspecified atom stereocenters. The van der Waals surface area contributed by atoms with Crippen molar-refractivity contribution < 1.29 is 13.7 Å². The first-order chi connectivity index (χ1) is 11.6. The zero-order valence-corrected chi connectivity index (χ0v) is 13.7. The predicted molar refractivity (Wildman–Crippen MR) is 88.1 cm³/mol. The quantitative estimate of drug-likeness (QED) is 0.752. The normalized spacial score (nSPS) is 10.8. The monoisotopic (exact) mass is 325 g/mol. The predicted octanol–water partition coefficient (Wildman–Crippen LogP) is 3.20. The number of rotatable bonds is 6. The van der Waals surface area contributed by atoms with Gasteiger partial charge in [-0.05, 0) is 44.0 Å². The molecule has 3 aromatic heterocycles. The number of carbonyl (C=O) groups is 1. The molecule has 0 aliphatic rings. The highest BCUT2D eigenvalue weighted by Crippen LogP contribution is 2.17. The minimum atomic E-state index is -0.00916. The first kappa shape index (κ1) is 16.0. The molecule has 3 aromatic rings. The lowest BCUT2D eigenvalue weighted by atomic mass is 10.1. The van der Waals surface area contributed by atoms with Gasteiger partial charge in [0.05, 0.1) is 12.0 Å². The Bertz CT molecular complexity index is 785. The van der Waals surface area contributed by atoms with Crippen LogP contribution in [-0.2, 0) is 17.8 Å². The van der Waals surface area contributed by atoms with Crippen LogP contribution < -0.4 is 5.32 Å². The van der Waals surface area contributed by atoms with Gasteiger partial charge in [0.1, 0.15) is 11.5 Å². The molecule has 0 bridgehead atoms. The van der Waals surface area contributed by atoms with Crippen LogP contribution in [0.15, 0.2) is 45.7 Å². The molecule has 24 heavy (non-hydrogen) atoms. The minimum absolute atomic E-state index is 0.00916. The van der Waals surface area contributed by atoms with Gasteiger partial charge in [0, 0.05) is 24.7 Å². The average molecular weight is 325 g/mol. The van der Waals surface area contributed by atoms with Crippen LogP contribution in [0.1, 0.15) is 29.0 Å². The Morgan fingerprint density at radius 3 is 2.75 bits per heavy atom. The molecule has 0 aromatic carbocycles. The molecule has 3 rings (SSSR count). The van der Waals surface area contributed by atoms with E-state index in [9.17, 15) is 4.79 Å². The van der Waals surface area contributed by atoms with Crippen LogP contribution in [0.2, 0.25) is 0 Å². The summed E-state index contributed by atoms with van der Waals surface area (Å²) in [7, 11) is 0. The Morgan fingerprint density at radius 1 is 1.25 bits per heavy atom. The third-order valence-electron chi connectivity index (χ3n) is 3.87. The van der Waals surface area contributed by atoms with Crippen LogP contribution in [0.4, 0.5) is 0 Å². The summed E-state index contributed by atoms with van der Waals surface area (Å²) in [5.74, 6) is 1.49. The number of hydrogen-bond acceptors (Lipinski definition) is 5. The van der Waals surface area contributed by atoms with E-state index in [0.29, 0.717) is 19.4 Å². The Hall–Kier alpha value is -2.89. The molecule has 0 aliphatic heterocycles. The highest BCUT2D eigenvalue weighted by Gasteiger charge is 2.11. The minimum Gasteiger partial charge on any atom is -0.463 e. The molecule has 124 valence electrons. The zero-order valence-electron chi connectivity index (χ0n) is 13.7. The van der Waals surface area contributed by atoms with Gasteiger partial charge in [-0.2, -0.15) is 0 Å². The van der Waals surface area contributed by atoms with Crippen LogP contribution in [-0.4, -0.2) is 16.0 Å². The van der Waals surface area contributed by atoms with E-state index >= 15 is 0 Å². The van der Waals surface area contributed by atoms with E-state index in [1.807, 2.05) is 38.1 Å². The lowest BCUT2D eigenvalue weighted by Crippen LogP contribution is -2.23. The molecule has 0 fully saturated rings. The summed E-state index contributed by atoms with van der Waals surface area (Å²) in [5.41, 5.74) is 3.57. The maximum atomic E-state index is 12.0. The third-order valence-corrected chi connectivity index (χ3v) is 3.87. The maximum absolute atomic E-state index is 12.0. The van der Waals surface area contributed by atoms with Crippen LogP contribution in [0.5, 0.6) is 0 Å². The zero-order chi connectivity index (χ0) is 16.9. The first-order valence-corrected chi connectivity index (χ1v) is 7.80. The van der Waals surface area contributed by atoms with Gasteiger partial charge in [0.25, 0.3) is 0 Å². The van der Waals surface area contributed by atoms with E-state index in [1.54, 1.807) is 12.5 Å². The van der Waals surface area contributed by atoms with E-state index in [2.05, 4.69) is 15.5 Å². The summed E-state index contributed by atoms with van der Waals surface area (Å²) >= 11 is 0. The molecule has 0 aliphatic carbocycles. The summed E-state index contributed by atoms with van der Waals surface area (Å²) in [5, 5.41) is 6.80. The molecular formula is C18H19N3O3. The van der Waals surface area contributed by atoms with Gasteiger partial charge < -0.3 is 14.3 Å². The molecule has 0 spiro atoms. The Labute approximate surface area is 139 Å². The van der Waals surface area contributed by atoms with Crippen LogP contribution in [0, 0.1) is 13.8 Å². The van der Waals surface area contributed by atoms with E-state index in [-0.39, 0.29) is 5.91 Å². The van der Waals surface area contributed by atoms with Crippen molar-refractivity contribution in [1.29, 1.82) is 0 Å². The number of furan rings is 1. The van der Waals surface area contributed by atoms with Gasteiger partial charge in [-0.1, -0.05) is 11.2 Å². The Balaban J connectivity index is 1.49. The standard InChI is InChI=1S/C18H19N3O3/c1-12-15(13(2)24-21-12)6-8-18(22)20-11-14-5-7-16(19-10-14)17-4-3-9-23-17/h3-5,7,9-10H,6,8,11H2,1-2H3,(H,20,22). The van der Waals surface area contributed by atoms with Crippen molar-refractivity contribution in [3.63, 3.8) is 0 Å². The second-order valence-electron chi connectivity index (χ2n) is 5.61. The topological polar surface area (TPSA) is 81.2 Å². The van der Waals surface area contributed by atoms with E-state index in [1.165, 1.54) is 0 Å². The van der Waals surface area contributed by atoms with Gasteiger partial charge in [-0.3, -0.25) is 9.78 Å². The van der Waals surface area contributed by atoms with Crippen LogP contribution >= 0.6 is 0 Å². The number of carbonyl (C=O) groups excluding carboxylic acids is 1. The van der Waals surface area contributed by atoms with Crippen molar-refractivity contribution in [3.05, 3.63) is 59.3 Å². The van der Waals surface area contributed by atoms with Gasteiger partial charge in [0.15, 0.2) is 5.76 Å². The highest BCUT2D eigenvalue weighted by molar-refractivity contribution is 5.76. The van der Waals surface area contributed by atoms with Crippen molar-refractivity contribution in [2.24, 2.45) is 0 Å². The molecule has 0 atom stereocenters. The third kappa shape index (κ3) is 3.71. The van der Waals surface area contributed by atoms with Gasteiger partial charge in [-0.25, -0.2) is 0 Å². The maximum Gasteiger partial charge on any atom is 0.220 e. The summed E-state index contributed by atoms with van der Waals surface area (Å²) in [6.45, 7) is 4.20. The van der Waals surface area contributed by atoms with Crippen molar-refractivity contribution >= 4 is 5.91 Å². The number of amides is 1. The van der Waals surface area contributed by atoms with Crippen LogP contribution in [0.25, 0.3) is 11.5 Å². The summed E-state index contributed by atoms with van der Waals surface area (Å²) in [4.78, 5) is 16.3. The fourth-order valence-corrected chi connectivity index (χ4v) is 2.49. The number of pyridine rings is 1. The van der Waals surface area contributed by atoms with Gasteiger partial charge in [-0.15, -0.1) is 0 Å². The van der Waals surface area contributed by atoms with Crippen molar-refractivity contribution in [1.82, 2.24) is 15.5 Å². The highest BCUT2D eigenvalue weighted by atomic mass is 16.5. The second-order valence-corrected chi connectivity index (χ2v) is 5.61. The Kier molecular flexibility index (Phi) is 4.74.